The van der Waals surface area contributed by atoms with Gasteiger partial charge in [0.25, 0.3) is 0 Å². The van der Waals surface area contributed by atoms with E-state index in [1.165, 1.54) is 12.1 Å². The summed E-state index contributed by atoms with van der Waals surface area (Å²) in [6.45, 7) is 2.65. The molecule has 0 radical (unpaired) electrons. The van der Waals surface area contributed by atoms with Crippen LogP contribution in [-0.2, 0) is 6.54 Å². The van der Waals surface area contributed by atoms with Gasteiger partial charge in [0.1, 0.15) is 11.0 Å². The van der Waals surface area contributed by atoms with Crippen LogP contribution in [0.1, 0.15) is 17.3 Å². The van der Waals surface area contributed by atoms with Crippen molar-refractivity contribution in [3.05, 3.63) is 41.6 Å². The molecule has 0 bridgehead atoms. The topological polar surface area (TPSA) is 80.0 Å². The third kappa shape index (κ3) is 3.69. The fraction of sp³-hybridized carbons (Fsp3) is 0.250. The Kier molecular flexibility index (Phi) is 4.01. The van der Waals surface area contributed by atoms with Gasteiger partial charge >= 0.3 is 5.97 Å². The minimum Gasteiger partial charge on any atom is -0.478 e. The lowest BCUT2D eigenvalue weighted by Gasteiger charge is -2.15. The molecule has 0 aliphatic rings. The molecular weight excluding hydrogens is 268 g/mol. The van der Waals surface area contributed by atoms with E-state index in [-0.39, 0.29) is 16.8 Å². The normalized spacial score (nSPS) is 12.1. The van der Waals surface area contributed by atoms with Gasteiger partial charge in [0.15, 0.2) is 0 Å². The van der Waals surface area contributed by atoms with Gasteiger partial charge in [-0.25, -0.2) is 14.8 Å². The van der Waals surface area contributed by atoms with E-state index in [0.29, 0.717) is 12.4 Å². The van der Waals surface area contributed by atoms with Crippen molar-refractivity contribution in [3.8, 4) is 0 Å². The van der Waals surface area contributed by atoms with Crippen LogP contribution in [0.2, 0.25) is 5.15 Å². The zero-order valence-corrected chi connectivity index (χ0v) is 11.0. The molecule has 0 aromatic carbocycles. The van der Waals surface area contributed by atoms with E-state index in [1.807, 2.05) is 17.7 Å². The van der Waals surface area contributed by atoms with Gasteiger partial charge < -0.3 is 15.0 Å². The van der Waals surface area contributed by atoms with E-state index in [1.54, 1.807) is 12.5 Å². The molecule has 2 N–H and O–H groups in total. The molecule has 2 rings (SSSR count). The molecule has 19 heavy (non-hydrogen) atoms. The number of anilines is 1. The summed E-state index contributed by atoms with van der Waals surface area (Å²) in [5.41, 5.74) is 0.109. The summed E-state index contributed by atoms with van der Waals surface area (Å²) in [6.07, 6.45) is 5.27. The summed E-state index contributed by atoms with van der Waals surface area (Å²) in [4.78, 5) is 18.9. The Hall–Kier alpha value is -2.08. The monoisotopic (exact) mass is 280 g/mol. The van der Waals surface area contributed by atoms with Crippen LogP contribution in [0.5, 0.6) is 0 Å². The van der Waals surface area contributed by atoms with E-state index in [2.05, 4.69) is 15.3 Å². The fourth-order valence-electron chi connectivity index (χ4n) is 1.70. The maximum Gasteiger partial charge on any atom is 0.335 e. The number of nitrogens with zero attached hydrogens (tertiary/aromatic N) is 3. The van der Waals surface area contributed by atoms with E-state index in [4.69, 9.17) is 16.7 Å². The predicted octanol–water partition coefficient (Wildman–Crippen LogP) is 2.13. The van der Waals surface area contributed by atoms with E-state index < -0.39 is 5.97 Å². The summed E-state index contributed by atoms with van der Waals surface area (Å²) < 4.78 is 1.92. The average molecular weight is 281 g/mol. The smallest absolute Gasteiger partial charge is 0.335 e. The van der Waals surface area contributed by atoms with Crippen molar-refractivity contribution < 1.29 is 9.90 Å². The van der Waals surface area contributed by atoms with Crippen molar-refractivity contribution in [2.45, 2.75) is 19.5 Å². The second-order valence-corrected chi connectivity index (χ2v) is 4.56. The van der Waals surface area contributed by atoms with Crippen LogP contribution in [0.15, 0.2) is 30.9 Å². The van der Waals surface area contributed by atoms with Crippen molar-refractivity contribution in [2.24, 2.45) is 0 Å². The second-order valence-electron chi connectivity index (χ2n) is 4.17. The van der Waals surface area contributed by atoms with Crippen LogP contribution in [0, 0.1) is 0 Å². The zero-order valence-electron chi connectivity index (χ0n) is 10.2. The first kappa shape index (κ1) is 13.4. The summed E-state index contributed by atoms with van der Waals surface area (Å²) in [7, 11) is 0. The molecule has 2 aromatic heterocycles. The number of pyridine rings is 1. The van der Waals surface area contributed by atoms with Crippen LogP contribution in [0.3, 0.4) is 0 Å². The number of aromatic nitrogens is 3. The van der Waals surface area contributed by atoms with Crippen LogP contribution in [0.25, 0.3) is 0 Å². The maximum atomic E-state index is 10.9. The molecule has 0 aliphatic heterocycles. The van der Waals surface area contributed by atoms with Gasteiger partial charge in [0.2, 0.25) is 0 Å². The molecule has 0 fully saturated rings. The minimum absolute atomic E-state index is 0.0572. The highest BCUT2D eigenvalue weighted by atomic mass is 35.5. The highest BCUT2D eigenvalue weighted by Crippen LogP contribution is 2.15. The molecule has 1 atom stereocenters. The van der Waals surface area contributed by atoms with Gasteiger partial charge in [-0.1, -0.05) is 11.6 Å². The minimum atomic E-state index is -1.03. The van der Waals surface area contributed by atoms with Crippen LogP contribution < -0.4 is 5.32 Å². The number of rotatable bonds is 5. The molecule has 1 unspecified atom stereocenters. The number of imidazole rings is 1. The van der Waals surface area contributed by atoms with Gasteiger partial charge in [-0.3, -0.25) is 0 Å². The van der Waals surface area contributed by atoms with Crippen LogP contribution >= 0.6 is 11.6 Å². The lowest BCUT2D eigenvalue weighted by molar-refractivity contribution is 0.0697. The average Bonchev–Trinajstić information content (AvgIpc) is 2.80. The van der Waals surface area contributed by atoms with Gasteiger partial charge in [-0.05, 0) is 19.1 Å². The van der Waals surface area contributed by atoms with Crippen molar-refractivity contribution in [1.29, 1.82) is 0 Å². The van der Waals surface area contributed by atoms with Crippen LogP contribution in [-0.4, -0.2) is 31.7 Å². The Bertz CT molecular complexity index is 571. The number of hydrogen-bond donors (Lipinski definition) is 2. The number of aromatic carboxylic acids is 1. The second kappa shape index (κ2) is 5.71. The zero-order chi connectivity index (χ0) is 13.8. The van der Waals surface area contributed by atoms with Gasteiger partial charge in [0, 0.05) is 25.0 Å². The van der Waals surface area contributed by atoms with E-state index in [9.17, 15) is 4.79 Å². The molecule has 0 amide bonds. The first-order valence-corrected chi connectivity index (χ1v) is 6.05. The Morgan fingerprint density at radius 2 is 2.37 bits per heavy atom. The highest BCUT2D eigenvalue weighted by Gasteiger charge is 2.09. The first-order chi connectivity index (χ1) is 9.04. The maximum absolute atomic E-state index is 10.9. The Labute approximate surface area is 115 Å². The van der Waals surface area contributed by atoms with Gasteiger partial charge in [-0.2, -0.15) is 0 Å². The van der Waals surface area contributed by atoms with Gasteiger partial charge in [-0.15, -0.1) is 0 Å². The molecule has 0 aliphatic carbocycles. The standard InChI is InChI=1S/C12H13ClN4O2/c1-8(6-17-3-2-14-7-17)15-11-5-9(12(18)19)4-10(13)16-11/h2-5,7-8H,6H2,1H3,(H,15,16)(H,18,19). The largest absolute Gasteiger partial charge is 0.478 e. The first-order valence-electron chi connectivity index (χ1n) is 5.68. The number of hydrogen-bond acceptors (Lipinski definition) is 4. The third-order valence-electron chi connectivity index (χ3n) is 2.48. The van der Waals surface area contributed by atoms with Crippen molar-refractivity contribution in [1.82, 2.24) is 14.5 Å². The Morgan fingerprint density at radius 3 is 3.00 bits per heavy atom. The van der Waals surface area contributed by atoms with E-state index >= 15 is 0 Å². The molecular formula is C12H13ClN4O2. The molecule has 2 aromatic rings. The predicted molar refractivity (Wildman–Crippen MR) is 71.5 cm³/mol. The molecule has 2 heterocycles. The Morgan fingerprint density at radius 1 is 1.58 bits per heavy atom. The third-order valence-corrected chi connectivity index (χ3v) is 2.67. The fourth-order valence-corrected chi connectivity index (χ4v) is 1.91. The highest BCUT2D eigenvalue weighted by molar-refractivity contribution is 6.29. The van der Waals surface area contributed by atoms with E-state index in [0.717, 1.165) is 0 Å². The molecule has 0 saturated heterocycles. The van der Waals surface area contributed by atoms with Crippen molar-refractivity contribution in [3.63, 3.8) is 0 Å². The molecule has 0 spiro atoms. The quantitative estimate of drug-likeness (QED) is 0.820. The van der Waals surface area contributed by atoms with Crippen LogP contribution in [0.4, 0.5) is 5.82 Å². The lowest BCUT2D eigenvalue weighted by Crippen LogP contribution is -2.22. The Balaban J connectivity index is 2.08. The molecule has 7 heteroatoms. The molecule has 6 nitrogen and oxygen atoms in total. The summed E-state index contributed by atoms with van der Waals surface area (Å²) >= 11 is 5.79. The number of carboxylic acid groups (broad SMARTS) is 1. The number of carbonyl (C=O) groups is 1. The number of halogens is 1. The molecule has 0 saturated carbocycles. The summed E-state index contributed by atoms with van der Waals surface area (Å²) in [5, 5.41) is 12.2. The van der Waals surface area contributed by atoms with Crippen molar-refractivity contribution in [2.75, 3.05) is 5.32 Å². The summed E-state index contributed by atoms with van der Waals surface area (Å²) in [6, 6.07) is 2.83. The van der Waals surface area contributed by atoms with Gasteiger partial charge in [0.05, 0.1) is 11.9 Å². The van der Waals surface area contributed by atoms with Crippen molar-refractivity contribution >= 4 is 23.4 Å². The summed E-state index contributed by atoms with van der Waals surface area (Å²) in [5.74, 6) is -0.591. The SMILES string of the molecule is CC(Cn1ccnc1)Nc1cc(C(=O)O)cc(Cl)n1. The lowest BCUT2D eigenvalue weighted by atomic mass is 10.2. The molecule has 100 valence electrons. The number of carboxylic acids is 1. The number of nitrogens with one attached hydrogen (secondary N) is 1.